The standard InChI is InChI=1S/C46H73NO17/c1-13-18-36(52)60-34-24-37(53)56-27(4)19-16-15-17-20-33(59-30(7)49)26(3)23-32(21-22-48)42(43(34)55-12)63-45-40(54)39(47(10)11)41(28(5)58-45)62-38-25-46(9,64-31(8)50)44(29(6)57-38)61-35(51)14-2/h15-17,20,22,26-29,32-34,38-45,54H,13-14,18-19,21,23-25H2,1-12H3/b16-15+,20-17+/t26-,27-,28+,29+,32+,33+,34-,38-,39-,40+,41-,42+,43+,44+,45+,46-/m1/s1. The normalized spacial score (nSPS) is 37.7. The van der Waals surface area contributed by atoms with Crippen molar-refractivity contribution in [2.24, 2.45) is 11.8 Å². The van der Waals surface area contributed by atoms with Crippen LogP contribution >= 0.6 is 0 Å². The fraction of sp³-hybridized carbons (Fsp3) is 0.783. The maximum Gasteiger partial charge on any atom is 0.309 e. The topological polar surface area (TPSA) is 218 Å². The zero-order valence-electron chi connectivity index (χ0n) is 39.6. The second kappa shape index (κ2) is 25.8. The minimum absolute atomic E-state index is 0.0275. The molecular weight excluding hydrogens is 838 g/mol. The molecule has 364 valence electrons. The number of aliphatic hydroxyl groups excluding tert-OH is 1. The van der Waals surface area contributed by atoms with Crippen molar-refractivity contribution in [1.29, 1.82) is 0 Å². The Hall–Kier alpha value is -3.78. The minimum Gasteiger partial charge on any atom is -0.462 e. The molecule has 3 heterocycles. The van der Waals surface area contributed by atoms with E-state index in [1.807, 2.05) is 13.0 Å². The van der Waals surface area contributed by atoms with Gasteiger partial charge in [0, 0.05) is 53.1 Å². The third-order valence-electron chi connectivity index (χ3n) is 11.7. The van der Waals surface area contributed by atoms with E-state index in [9.17, 15) is 33.9 Å². The number of aldehydes is 1. The number of likely N-dealkylation sites (N-methyl/N-ethyl adjacent to an activating group) is 1. The number of allylic oxidation sites excluding steroid dienone is 2. The number of rotatable bonds is 15. The van der Waals surface area contributed by atoms with E-state index < -0.39 is 133 Å². The summed E-state index contributed by atoms with van der Waals surface area (Å²) >= 11 is 0. The zero-order valence-corrected chi connectivity index (χ0v) is 39.6. The Labute approximate surface area is 377 Å². The van der Waals surface area contributed by atoms with Gasteiger partial charge in [0.15, 0.2) is 24.3 Å². The van der Waals surface area contributed by atoms with Gasteiger partial charge in [0.2, 0.25) is 0 Å². The van der Waals surface area contributed by atoms with Crippen LogP contribution in [0.15, 0.2) is 24.3 Å². The Bertz CT molecular complexity index is 1600. The lowest BCUT2D eigenvalue weighted by molar-refractivity contribution is -0.344. The Morgan fingerprint density at radius 2 is 1.62 bits per heavy atom. The summed E-state index contributed by atoms with van der Waals surface area (Å²) in [5.41, 5.74) is -1.33. The van der Waals surface area contributed by atoms with Gasteiger partial charge in [0.1, 0.15) is 42.9 Å². The van der Waals surface area contributed by atoms with E-state index in [1.54, 1.807) is 78.8 Å². The highest BCUT2D eigenvalue weighted by atomic mass is 16.7. The van der Waals surface area contributed by atoms with Crippen molar-refractivity contribution in [1.82, 2.24) is 4.90 Å². The molecule has 64 heavy (non-hydrogen) atoms. The van der Waals surface area contributed by atoms with Crippen molar-refractivity contribution in [3.05, 3.63) is 24.3 Å². The molecule has 18 heteroatoms. The van der Waals surface area contributed by atoms with Crippen LogP contribution in [0.2, 0.25) is 0 Å². The lowest BCUT2D eigenvalue weighted by Gasteiger charge is -2.50. The summed E-state index contributed by atoms with van der Waals surface area (Å²) in [6.45, 7) is 14.6. The van der Waals surface area contributed by atoms with Crippen LogP contribution in [-0.2, 0) is 76.1 Å². The second-order valence-corrected chi connectivity index (χ2v) is 17.5. The third-order valence-corrected chi connectivity index (χ3v) is 11.7. The molecule has 3 rings (SSSR count). The van der Waals surface area contributed by atoms with Crippen LogP contribution < -0.4 is 0 Å². The van der Waals surface area contributed by atoms with Crippen molar-refractivity contribution < 1.29 is 81.2 Å². The first-order valence-corrected chi connectivity index (χ1v) is 22.4. The van der Waals surface area contributed by atoms with Crippen LogP contribution in [0.25, 0.3) is 0 Å². The number of methoxy groups -OCH3 is 1. The molecule has 0 saturated carbocycles. The first-order valence-electron chi connectivity index (χ1n) is 22.4. The molecule has 0 unspecified atom stereocenters. The van der Waals surface area contributed by atoms with Crippen LogP contribution in [0, 0.1) is 11.8 Å². The van der Waals surface area contributed by atoms with E-state index in [0.717, 1.165) is 0 Å². The van der Waals surface area contributed by atoms with E-state index in [1.165, 1.54) is 21.0 Å². The Morgan fingerprint density at radius 3 is 2.22 bits per heavy atom. The number of carbonyl (C=O) groups is 6. The molecule has 0 aromatic carbocycles. The number of ether oxygens (including phenoxy) is 10. The fourth-order valence-electron chi connectivity index (χ4n) is 8.75. The number of cyclic esters (lactones) is 1. The van der Waals surface area contributed by atoms with Gasteiger partial charge in [-0.2, -0.15) is 0 Å². The van der Waals surface area contributed by atoms with Gasteiger partial charge in [-0.1, -0.05) is 39.0 Å². The largest absolute Gasteiger partial charge is 0.462 e. The van der Waals surface area contributed by atoms with Gasteiger partial charge in [-0.25, -0.2) is 0 Å². The van der Waals surface area contributed by atoms with Crippen LogP contribution in [0.3, 0.4) is 0 Å². The van der Waals surface area contributed by atoms with Gasteiger partial charge >= 0.3 is 29.8 Å². The number of hydrogen-bond acceptors (Lipinski definition) is 18. The highest BCUT2D eigenvalue weighted by Crippen LogP contribution is 2.39. The van der Waals surface area contributed by atoms with Crippen LogP contribution in [0.1, 0.15) is 114 Å². The van der Waals surface area contributed by atoms with Gasteiger partial charge in [0.05, 0.1) is 30.8 Å². The first kappa shape index (κ1) is 54.6. The maximum atomic E-state index is 13.5. The van der Waals surface area contributed by atoms with Gasteiger partial charge in [-0.15, -0.1) is 0 Å². The molecule has 18 nitrogen and oxygen atoms in total. The highest BCUT2D eigenvalue weighted by Gasteiger charge is 2.54. The molecule has 0 aliphatic carbocycles. The molecule has 3 aliphatic rings. The second-order valence-electron chi connectivity index (χ2n) is 17.5. The van der Waals surface area contributed by atoms with Crippen molar-refractivity contribution in [2.75, 3.05) is 21.2 Å². The summed E-state index contributed by atoms with van der Waals surface area (Å²) in [5.74, 6) is -4.02. The van der Waals surface area contributed by atoms with Gasteiger partial charge in [-0.05, 0) is 72.5 Å². The number of nitrogens with zero attached hydrogens (tertiary/aromatic N) is 1. The minimum atomic E-state index is -1.45. The van der Waals surface area contributed by atoms with Gasteiger partial charge in [0.25, 0.3) is 0 Å². The molecule has 0 spiro atoms. The van der Waals surface area contributed by atoms with Crippen LogP contribution in [-0.4, -0.2) is 153 Å². The quantitative estimate of drug-likeness (QED) is 0.138. The summed E-state index contributed by atoms with van der Waals surface area (Å²) in [5, 5.41) is 12.3. The number of carbonyl (C=O) groups excluding carboxylic acids is 6. The lowest BCUT2D eigenvalue weighted by Crippen LogP contribution is -2.66. The summed E-state index contributed by atoms with van der Waals surface area (Å²) in [7, 11) is 4.84. The molecule has 1 N–H and O–H groups in total. The van der Waals surface area contributed by atoms with E-state index in [0.29, 0.717) is 19.1 Å². The molecule has 0 amide bonds. The van der Waals surface area contributed by atoms with E-state index >= 15 is 0 Å². The lowest BCUT2D eigenvalue weighted by atomic mass is 9.82. The zero-order chi connectivity index (χ0) is 47.9. The molecule has 0 aromatic heterocycles. The molecule has 0 radical (unpaired) electrons. The molecule has 2 saturated heterocycles. The third kappa shape index (κ3) is 15.7. The predicted molar refractivity (Wildman–Crippen MR) is 229 cm³/mol. The monoisotopic (exact) mass is 911 g/mol. The average Bonchev–Trinajstić information content (AvgIpc) is 3.19. The number of hydrogen-bond donors (Lipinski definition) is 1. The van der Waals surface area contributed by atoms with Crippen LogP contribution in [0.5, 0.6) is 0 Å². The smallest absolute Gasteiger partial charge is 0.309 e. The first-order chi connectivity index (χ1) is 30.2. The molecule has 2 fully saturated rings. The van der Waals surface area contributed by atoms with Crippen LogP contribution in [0.4, 0.5) is 0 Å². The number of esters is 5. The van der Waals surface area contributed by atoms with E-state index in [-0.39, 0.29) is 32.1 Å². The molecule has 0 bridgehead atoms. The Kier molecular flexibility index (Phi) is 22.0. The Balaban J connectivity index is 2.10. The van der Waals surface area contributed by atoms with Crippen molar-refractivity contribution in [3.63, 3.8) is 0 Å². The van der Waals surface area contributed by atoms with Crippen molar-refractivity contribution in [3.8, 4) is 0 Å². The number of aliphatic hydroxyl groups is 1. The van der Waals surface area contributed by atoms with Crippen molar-refractivity contribution >= 4 is 36.1 Å². The summed E-state index contributed by atoms with van der Waals surface area (Å²) in [4.78, 5) is 78.0. The molecule has 16 atom stereocenters. The van der Waals surface area contributed by atoms with Gasteiger partial charge < -0.3 is 62.2 Å². The molecular formula is C46H73NO17. The maximum absolute atomic E-state index is 13.5. The summed E-state index contributed by atoms with van der Waals surface area (Å²) < 4.78 is 61.0. The molecule has 3 aliphatic heterocycles. The fourth-order valence-corrected chi connectivity index (χ4v) is 8.75. The SMILES string of the molecule is CCCC(=O)O[C@@H]1CC(=O)O[C@H](C)C/C=C/C=C/[C@H](OC(C)=O)[C@H](C)C[C@H](CC=O)[C@H](O[C@@H]2O[C@@H](C)[C@@H](O[C@@H]3C[C@@](C)(OC(C)=O)[C@@H](OC(=O)CC)[C@H](C)O3)[C@H](N(C)C)[C@@H]2O)[C@H]1OC. The summed E-state index contributed by atoms with van der Waals surface area (Å²) in [6, 6.07) is -0.833. The predicted octanol–water partition coefficient (Wildman–Crippen LogP) is 4.30. The van der Waals surface area contributed by atoms with Crippen molar-refractivity contribution in [2.45, 2.75) is 199 Å². The highest BCUT2D eigenvalue weighted by molar-refractivity contribution is 5.73. The molecule has 0 aromatic rings. The van der Waals surface area contributed by atoms with Gasteiger partial charge in [-0.3, -0.25) is 24.0 Å². The average molecular weight is 912 g/mol. The summed E-state index contributed by atoms with van der Waals surface area (Å²) in [6.07, 6.45) is -3.92. The van der Waals surface area contributed by atoms with E-state index in [2.05, 4.69) is 0 Å². The Morgan fingerprint density at radius 1 is 0.922 bits per heavy atom. The van der Waals surface area contributed by atoms with E-state index in [4.69, 9.17) is 47.4 Å².